The van der Waals surface area contributed by atoms with Crippen LogP contribution < -0.4 is 5.56 Å². The van der Waals surface area contributed by atoms with E-state index in [1.165, 1.54) is 11.8 Å². The van der Waals surface area contributed by atoms with Gasteiger partial charge in [0.15, 0.2) is 5.16 Å². The van der Waals surface area contributed by atoms with Gasteiger partial charge in [0, 0.05) is 18.1 Å². The molecule has 0 radical (unpaired) electrons. The van der Waals surface area contributed by atoms with Gasteiger partial charge in [0.2, 0.25) is 5.91 Å². The number of fused-ring (bicyclic) bond motifs is 1. The molecule has 2 heterocycles. The van der Waals surface area contributed by atoms with Crippen molar-refractivity contribution in [2.45, 2.75) is 37.8 Å². The molecule has 6 nitrogen and oxygen atoms in total. The molecular formula is C23H24ClN3O3S. The molecule has 8 heteroatoms. The van der Waals surface area contributed by atoms with Crippen molar-refractivity contribution in [2.24, 2.45) is 0 Å². The van der Waals surface area contributed by atoms with Gasteiger partial charge < -0.3 is 9.64 Å². The Hall–Kier alpha value is -2.35. The lowest BCUT2D eigenvalue weighted by atomic mass is 10.2. The standard InChI is InChI=1S/C23H24ClN3O3S/c1-15-11-26(12-16(2)30-15)21(28)14-31-23-25-20-10-18(24)8-9-19(20)22(29)27(23)13-17-6-4-3-5-7-17/h3-10,15-16H,11-14H2,1-2H3/t15-,16+. The Morgan fingerprint density at radius 2 is 1.87 bits per heavy atom. The molecule has 1 saturated heterocycles. The first-order chi connectivity index (χ1) is 14.9. The normalized spacial score (nSPS) is 19.0. The SMILES string of the molecule is C[C@@H]1CN(C(=O)CSc2nc3cc(Cl)ccc3c(=O)n2Cc2ccccc2)C[C@H](C)O1. The number of thioether (sulfide) groups is 1. The van der Waals surface area contributed by atoms with Crippen LogP contribution in [0.15, 0.2) is 58.5 Å². The number of amides is 1. The first-order valence-corrected chi connectivity index (χ1v) is 11.6. The third-order valence-corrected chi connectivity index (χ3v) is 6.36. The maximum atomic E-state index is 13.3. The second-order valence-electron chi connectivity index (χ2n) is 7.78. The maximum Gasteiger partial charge on any atom is 0.262 e. The second-order valence-corrected chi connectivity index (χ2v) is 9.16. The molecule has 31 heavy (non-hydrogen) atoms. The lowest BCUT2D eigenvalue weighted by molar-refractivity contribution is -0.140. The number of aromatic nitrogens is 2. The molecule has 1 amide bonds. The predicted molar refractivity (Wildman–Crippen MR) is 124 cm³/mol. The molecule has 3 aromatic rings. The highest BCUT2D eigenvalue weighted by molar-refractivity contribution is 7.99. The number of halogens is 1. The van der Waals surface area contributed by atoms with Gasteiger partial charge in [0.1, 0.15) is 0 Å². The summed E-state index contributed by atoms with van der Waals surface area (Å²) in [4.78, 5) is 32.6. The van der Waals surface area contributed by atoms with Gasteiger partial charge >= 0.3 is 0 Å². The van der Waals surface area contributed by atoms with E-state index in [2.05, 4.69) is 4.98 Å². The highest BCUT2D eigenvalue weighted by Gasteiger charge is 2.26. The van der Waals surface area contributed by atoms with Crippen LogP contribution in [-0.4, -0.2) is 51.4 Å². The summed E-state index contributed by atoms with van der Waals surface area (Å²) in [6.07, 6.45) is 0.0183. The van der Waals surface area contributed by atoms with Gasteiger partial charge in [0.05, 0.1) is 35.4 Å². The maximum absolute atomic E-state index is 13.3. The Morgan fingerprint density at radius 3 is 2.58 bits per heavy atom. The molecule has 0 aliphatic carbocycles. The number of hydrogen-bond acceptors (Lipinski definition) is 5. The molecule has 1 aromatic heterocycles. The van der Waals surface area contributed by atoms with Crippen molar-refractivity contribution >= 4 is 40.2 Å². The van der Waals surface area contributed by atoms with Crippen molar-refractivity contribution in [1.29, 1.82) is 0 Å². The highest BCUT2D eigenvalue weighted by Crippen LogP contribution is 2.22. The van der Waals surface area contributed by atoms with Crippen molar-refractivity contribution < 1.29 is 9.53 Å². The Bertz CT molecular complexity index is 1140. The fourth-order valence-electron chi connectivity index (χ4n) is 3.79. The number of carbonyl (C=O) groups is 1. The zero-order valence-corrected chi connectivity index (χ0v) is 19.0. The fraction of sp³-hybridized carbons (Fsp3) is 0.348. The van der Waals surface area contributed by atoms with Gasteiger partial charge in [-0.25, -0.2) is 4.98 Å². The van der Waals surface area contributed by atoms with E-state index in [1.807, 2.05) is 49.1 Å². The lowest BCUT2D eigenvalue weighted by Crippen LogP contribution is -2.48. The molecule has 0 N–H and O–H groups in total. The summed E-state index contributed by atoms with van der Waals surface area (Å²) >= 11 is 7.40. The number of ether oxygens (including phenoxy) is 1. The summed E-state index contributed by atoms with van der Waals surface area (Å²) in [6, 6.07) is 14.8. The largest absolute Gasteiger partial charge is 0.372 e. The van der Waals surface area contributed by atoms with Crippen LogP contribution >= 0.6 is 23.4 Å². The quantitative estimate of drug-likeness (QED) is 0.430. The van der Waals surface area contributed by atoms with Crippen LogP contribution in [-0.2, 0) is 16.1 Å². The summed E-state index contributed by atoms with van der Waals surface area (Å²) in [6.45, 7) is 5.46. The molecule has 2 aromatic carbocycles. The van der Waals surface area contributed by atoms with Gasteiger partial charge in [-0.3, -0.25) is 14.2 Å². The zero-order chi connectivity index (χ0) is 22.0. The van der Waals surface area contributed by atoms with Gasteiger partial charge in [-0.15, -0.1) is 0 Å². The first-order valence-electron chi connectivity index (χ1n) is 10.2. The Labute approximate surface area is 190 Å². The summed E-state index contributed by atoms with van der Waals surface area (Å²) in [5, 5.41) is 1.53. The molecule has 2 atom stereocenters. The van der Waals surface area contributed by atoms with Crippen molar-refractivity contribution in [3.63, 3.8) is 0 Å². The predicted octanol–water partition coefficient (Wildman–Crippen LogP) is 3.83. The van der Waals surface area contributed by atoms with Crippen LogP contribution in [0.5, 0.6) is 0 Å². The first kappa shape index (κ1) is 21.9. The van der Waals surface area contributed by atoms with Crippen LogP contribution in [0.2, 0.25) is 5.02 Å². The van der Waals surface area contributed by atoms with Crippen molar-refractivity contribution in [2.75, 3.05) is 18.8 Å². The molecule has 1 aliphatic rings. The summed E-state index contributed by atoms with van der Waals surface area (Å²) < 4.78 is 7.35. The molecule has 0 spiro atoms. The van der Waals surface area contributed by atoms with E-state index in [0.717, 1.165) is 5.56 Å². The summed E-state index contributed by atoms with van der Waals surface area (Å²) in [5.74, 6) is 0.214. The minimum Gasteiger partial charge on any atom is -0.372 e. The third-order valence-electron chi connectivity index (χ3n) is 5.16. The van der Waals surface area contributed by atoms with Crippen LogP contribution in [0, 0.1) is 0 Å². The third kappa shape index (κ3) is 5.11. The molecule has 4 rings (SSSR count). The van der Waals surface area contributed by atoms with Gasteiger partial charge in [-0.05, 0) is 37.6 Å². The van der Waals surface area contributed by atoms with Crippen LogP contribution in [0.3, 0.4) is 0 Å². The van der Waals surface area contributed by atoms with E-state index in [9.17, 15) is 9.59 Å². The monoisotopic (exact) mass is 457 g/mol. The van der Waals surface area contributed by atoms with E-state index in [1.54, 1.807) is 22.8 Å². The average Bonchev–Trinajstić information content (AvgIpc) is 2.74. The zero-order valence-electron chi connectivity index (χ0n) is 17.5. The Balaban J connectivity index is 1.64. The number of benzene rings is 2. The van der Waals surface area contributed by atoms with Crippen molar-refractivity contribution in [3.05, 3.63) is 69.5 Å². The number of rotatable bonds is 5. The number of nitrogens with zero attached hydrogens (tertiary/aromatic N) is 3. The fourth-order valence-corrected chi connectivity index (χ4v) is 4.86. The van der Waals surface area contributed by atoms with Crippen LogP contribution in [0.1, 0.15) is 19.4 Å². The molecule has 0 bridgehead atoms. The van der Waals surface area contributed by atoms with E-state index in [0.29, 0.717) is 40.7 Å². The average molecular weight is 458 g/mol. The molecule has 0 unspecified atom stereocenters. The molecule has 0 saturated carbocycles. The van der Waals surface area contributed by atoms with E-state index >= 15 is 0 Å². The smallest absolute Gasteiger partial charge is 0.262 e. The molecule has 162 valence electrons. The highest BCUT2D eigenvalue weighted by atomic mass is 35.5. The van der Waals surface area contributed by atoms with Crippen LogP contribution in [0.4, 0.5) is 0 Å². The van der Waals surface area contributed by atoms with E-state index < -0.39 is 0 Å². The number of morpholine rings is 1. The van der Waals surface area contributed by atoms with Gasteiger partial charge in [-0.2, -0.15) is 0 Å². The van der Waals surface area contributed by atoms with Crippen molar-refractivity contribution in [3.8, 4) is 0 Å². The molecular weight excluding hydrogens is 434 g/mol. The minimum absolute atomic E-state index is 0.00916. The van der Waals surface area contributed by atoms with Gasteiger partial charge in [0.25, 0.3) is 5.56 Å². The van der Waals surface area contributed by atoms with Gasteiger partial charge in [-0.1, -0.05) is 53.7 Å². The molecule has 1 fully saturated rings. The number of hydrogen-bond donors (Lipinski definition) is 0. The summed E-state index contributed by atoms with van der Waals surface area (Å²) in [7, 11) is 0. The Kier molecular flexibility index (Phi) is 6.65. The topological polar surface area (TPSA) is 64.4 Å². The van der Waals surface area contributed by atoms with Crippen LogP contribution in [0.25, 0.3) is 10.9 Å². The lowest BCUT2D eigenvalue weighted by Gasteiger charge is -2.35. The minimum atomic E-state index is -0.144. The van der Waals surface area contributed by atoms with E-state index in [-0.39, 0.29) is 29.4 Å². The summed E-state index contributed by atoms with van der Waals surface area (Å²) in [5.41, 5.74) is 1.38. The van der Waals surface area contributed by atoms with E-state index in [4.69, 9.17) is 16.3 Å². The van der Waals surface area contributed by atoms with Crippen molar-refractivity contribution in [1.82, 2.24) is 14.5 Å². The molecule has 1 aliphatic heterocycles. The number of carbonyl (C=O) groups excluding carboxylic acids is 1. The Morgan fingerprint density at radius 1 is 1.16 bits per heavy atom. The second kappa shape index (κ2) is 9.42.